The fourth-order valence-electron chi connectivity index (χ4n) is 3.09. The summed E-state index contributed by atoms with van der Waals surface area (Å²) in [5.74, 6) is -0.517. The molecule has 0 saturated carbocycles. The first-order valence-corrected chi connectivity index (χ1v) is 8.25. The molecule has 0 aliphatic carbocycles. The second-order valence-electron chi connectivity index (χ2n) is 5.30. The minimum atomic E-state index is -4.23. The van der Waals surface area contributed by atoms with Gasteiger partial charge in [-0.25, -0.2) is 0 Å². The predicted molar refractivity (Wildman–Crippen MR) is 82.8 cm³/mol. The lowest BCUT2D eigenvalue weighted by Gasteiger charge is -2.37. The van der Waals surface area contributed by atoms with Crippen molar-refractivity contribution < 1.29 is 18.4 Å². The second kappa shape index (κ2) is 5.47. The average Bonchev–Trinajstić information content (AvgIpc) is 2.79. The van der Waals surface area contributed by atoms with Gasteiger partial charge in [0.25, 0.3) is 5.16 Å². The topological polar surface area (TPSA) is 103 Å². The molecule has 8 heteroatoms. The lowest BCUT2D eigenvalue weighted by Crippen LogP contribution is -2.53. The van der Waals surface area contributed by atoms with Gasteiger partial charge < -0.3 is 13.9 Å². The Morgan fingerprint density at radius 3 is 2.22 bits per heavy atom. The molecule has 0 radical (unpaired) electrons. The second-order valence-corrected chi connectivity index (χ2v) is 7.70. The molecule has 1 heterocycles. The maximum absolute atomic E-state index is 13.0. The molecule has 1 aromatic rings. The number of nitrogens with zero attached hydrogens (tertiary/aromatic N) is 3. The SMILES string of the molecule is COP(=O)(OC)C(C#N)(C#N)C1(C)C(=O)N(C)c2ccccc21. The molecule has 2 rings (SSSR count). The van der Waals surface area contributed by atoms with Crippen LogP contribution < -0.4 is 4.90 Å². The van der Waals surface area contributed by atoms with Gasteiger partial charge >= 0.3 is 7.60 Å². The van der Waals surface area contributed by atoms with Crippen molar-refractivity contribution in [2.75, 3.05) is 26.2 Å². The number of hydrogen-bond donors (Lipinski definition) is 0. The lowest BCUT2D eigenvalue weighted by molar-refractivity contribution is -0.122. The Kier molecular flexibility index (Phi) is 4.09. The molecule has 0 fully saturated rings. The summed E-state index contributed by atoms with van der Waals surface area (Å²) in [5, 5.41) is 17.2. The first-order valence-electron chi connectivity index (χ1n) is 6.71. The van der Waals surface area contributed by atoms with Crippen LogP contribution in [0.25, 0.3) is 0 Å². The van der Waals surface area contributed by atoms with E-state index in [1.165, 1.54) is 18.9 Å². The molecule has 1 aliphatic rings. The van der Waals surface area contributed by atoms with Gasteiger partial charge in [-0.05, 0) is 18.6 Å². The molecule has 1 aliphatic heterocycles. The zero-order chi connectivity index (χ0) is 17.5. The number of carbonyl (C=O) groups is 1. The fraction of sp³-hybridized carbons (Fsp3) is 0.400. The zero-order valence-corrected chi connectivity index (χ0v) is 14.1. The molecule has 7 nitrogen and oxygen atoms in total. The highest BCUT2D eigenvalue weighted by atomic mass is 31.2. The smallest absolute Gasteiger partial charge is 0.314 e. The molecule has 1 amide bonds. The van der Waals surface area contributed by atoms with Crippen molar-refractivity contribution in [3.63, 3.8) is 0 Å². The van der Waals surface area contributed by atoms with Gasteiger partial charge in [-0.3, -0.25) is 9.36 Å². The number of anilines is 1. The minimum absolute atomic E-state index is 0.435. The number of amides is 1. The zero-order valence-electron chi connectivity index (χ0n) is 13.2. The fourth-order valence-corrected chi connectivity index (χ4v) is 4.80. The Labute approximate surface area is 134 Å². The highest BCUT2D eigenvalue weighted by Crippen LogP contribution is 2.67. The van der Waals surface area contributed by atoms with Crippen molar-refractivity contribution in [2.24, 2.45) is 0 Å². The van der Waals surface area contributed by atoms with E-state index in [-0.39, 0.29) is 0 Å². The van der Waals surface area contributed by atoms with E-state index in [4.69, 9.17) is 9.05 Å². The molecule has 0 N–H and O–H groups in total. The molecule has 1 aromatic carbocycles. The number of likely N-dealkylation sites (N-methyl/N-ethyl adjacent to an activating group) is 1. The Bertz CT molecular complexity index is 773. The van der Waals surface area contributed by atoms with Crippen LogP contribution in [0.2, 0.25) is 0 Å². The average molecular weight is 333 g/mol. The number of rotatable bonds is 4. The molecular formula is C15H16N3O4P. The Morgan fingerprint density at radius 2 is 1.74 bits per heavy atom. The van der Waals surface area contributed by atoms with Crippen LogP contribution in [0.1, 0.15) is 12.5 Å². The summed E-state index contributed by atoms with van der Waals surface area (Å²) in [7, 11) is -0.509. The molecular weight excluding hydrogens is 317 g/mol. The van der Waals surface area contributed by atoms with Gasteiger partial charge in [-0.2, -0.15) is 10.5 Å². The normalized spacial score (nSPS) is 20.8. The molecule has 1 atom stereocenters. The molecule has 120 valence electrons. The predicted octanol–water partition coefficient (Wildman–Crippen LogP) is 2.19. The number of carbonyl (C=O) groups excluding carboxylic acids is 1. The third-order valence-electron chi connectivity index (χ3n) is 4.48. The summed E-state index contributed by atoms with van der Waals surface area (Å²) in [6.07, 6.45) is 0. The summed E-state index contributed by atoms with van der Waals surface area (Å²) >= 11 is 0. The Morgan fingerprint density at radius 1 is 1.22 bits per heavy atom. The summed E-state index contributed by atoms with van der Waals surface area (Å²) < 4.78 is 22.9. The van der Waals surface area contributed by atoms with E-state index in [0.29, 0.717) is 11.3 Å². The molecule has 23 heavy (non-hydrogen) atoms. The number of para-hydroxylation sites is 1. The number of hydrogen-bond acceptors (Lipinski definition) is 6. The first kappa shape index (κ1) is 17.2. The van der Waals surface area contributed by atoms with Gasteiger partial charge in [-0.1, -0.05) is 18.2 Å². The quantitative estimate of drug-likeness (QED) is 0.782. The highest BCUT2D eigenvalue weighted by molar-refractivity contribution is 7.56. The monoisotopic (exact) mass is 333 g/mol. The molecule has 0 bridgehead atoms. The van der Waals surface area contributed by atoms with E-state index in [0.717, 1.165) is 14.2 Å². The summed E-state index contributed by atoms with van der Waals surface area (Å²) in [5.41, 5.74) is -0.706. The highest BCUT2D eigenvalue weighted by Gasteiger charge is 2.70. The van der Waals surface area contributed by atoms with Gasteiger partial charge in [0, 0.05) is 27.0 Å². The lowest BCUT2D eigenvalue weighted by atomic mass is 9.73. The maximum atomic E-state index is 13.0. The van der Waals surface area contributed by atoms with Gasteiger partial charge in [0.1, 0.15) is 5.41 Å². The van der Waals surface area contributed by atoms with Crippen LogP contribution in [-0.2, 0) is 23.8 Å². The number of fused-ring (bicyclic) bond motifs is 1. The van der Waals surface area contributed by atoms with E-state index in [9.17, 15) is 19.9 Å². The number of benzene rings is 1. The third kappa shape index (κ3) is 1.82. The van der Waals surface area contributed by atoms with Crippen molar-refractivity contribution in [3.8, 4) is 12.1 Å². The van der Waals surface area contributed by atoms with Crippen LogP contribution in [-0.4, -0.2) is 32.3 Å². The molecule has 0 spiro atoms. The van der Waals surface area contributed by atoms with Crippen LogP contribution in [0.15, 0.2) is 24.3 Å². The van der Waals surface area contributed by atoms with Gasteiger partial charge in [0.15, 0.2) is 0 Å². The van der Waals surface area contributed by atoms with Gasteiger partial charge in [0.2, 0.25) is 5.91 Å². The van der Waals surface area contributed by atoms with E-state index in [1.54, 1.807) is 36.4 Å². The Balaban J connectivity index is 2.91. The maximum Gasteiger partial charge on any atom is 0.366 e. The summed E-state index contributed by atoms with van der Waals surface area (Å²) in [6, 6.07) is 10.3. The number of nitriles is 2. The molecule has 0 saturated heterocycles. The summed E-state index contributed by atoms with van der Waals surface area (Å²) in [6.45, 7) is 1.43. The minimum Gasteiger partial charge on any atom is -0.314 e. The standard InChI is InChI=1S/C15H16N3O4P/c1-14(15(9-16,10-17)23(20,21-3)22-4)11-7-5-6-8-12(11)18(2)13(14)19/h5-8H,1-4H3. The van der Waals surface area contributed by atoms with Crippen LogP contribution in [0, 0.1) is 22.7 Å². The van der Waals surface area contributed by atoms with Crippen molar-refractivity contribution in [2.45, 2.75) is 17.5 Å². The van der Waals surface area contributed by atoms with E-state index >= 15 is 0 Å². The Hall–Kier alpha value is -2.18. The van der Waals surface area contributed by atoms with Crippen molar-refractivity contribution in [1.82, 2.24) is 0 Å². The van der Waals surface area contributed by atoms with Crippen LogP contribution in [0.5, 0.6) is 0 Å². The molecule has 0 aromatic heterocycles. The van der Waals surface area contributed by atoms with Crippen LogP contribution in [0.4, 0.5) is 5.69 Å². The van der Waals surface area contributed by atoms with Crippen LogP contribution >= 0.6 is 7.60 Å². The molecule has 1 unspecified atom stereocenters. The van der Waals surface area contributed by atoms with Crippen molar-refractivity contribution in [3.05, 3.63) is 29.8 Å². The van der Waals surface area contributed by atoms with Gasteiger partial charge in [0.05, 0.1) is 12.1 Å². The third-order valence-corrected chi connectivity index (χ3v) is 6.91. The van der Waals surface area contributed by atoms with E-state index in [1.807, 2.05) is 0 Å². The van der Waals surface area contributed by atoms with Crippen LogP contribution in [0.3, 0.4) is 0 Å². The first-order chi connectivity index (χ1) is 10.8. The van der Waals surface area contributed by atoms with Gasteiger partial charge in [-0.15, -0.1) is 0 Å². The largest absolute Gasteiger partial charge is 0.366 e. The van der Waals surface area contributed by atoms with Crippen molar-refractivity contribution in [1.29, 1.82) is 10.5 Å². The van der Waals surface area contributed by atoms with E-state index in [2.05, 4.69) is 0 Å². The summed E-state index contributed by atoms with van der Waals surface area (Å²) in [4.78, 5) is 14.3. The van der Waals surface area contributed by atoms with Crippen molar-refractivity contribution >= 4 is 19.2 Å². The van der Waals surface area contributed by atoms with E-state index < -0.39 is 24.1 Å².